The van der Waals surface area contributed by atoms with Crippen molar-refractivity contribution in [3.63, 3.8) is 0 Å². The molecule has 3 saturated carbocycles. The minimum Gasteiger partial charge on any atom is -0.496 e. The Balaban J connectivity index is 1.21. The van der Waals surface area contributed by atoms with Crippen LogP contribution in [-0.2, 0) is 24.4 Å². The van der Waals surface area contributed by atoms with E-state index in [9.17, 15) is 22.8 Å². The predicted octanol–water partition coefficient (Wildman–Crippen LogP) is 4.39. The molecule has 0 unspecified atom stereocenters. The first-order chi connectivity index (χ1) is 25.1. The second-order valence-corrected chi connectivity index (χ2v) is 17.1. The highest BCUT2D eigenvalue weighted by atomic mass is 32.2. The zero-order valence-corrected chi connectivity index (χ0v) is 30.8. The topological polar surface area (TPSA) is 156 Å². The molecule has 3 amide bonds. The molecule has 1 aromatic carbocycles. The van der Waals surface area contributed by atoms with Gasteiger partial charge in [-0.15, -0.1) is 6.58 Å². The van der Waals surface area contributed by atoms with Crippen molar-refractivity contribution in [2.45, 2.75) is 112 Å². The molecule has 2 aromatic rings. The molecule has 52 heavy (non-hydrogen) atoms. The van der Waals surface area contributed by atoms with Crippen LogP contribution in [-0.4, -0.2) is 85.2 Å². The fourth-order valence-corrected chi connectivity index (χ4v) is 9.64. The Morgan fingerprint density at radius 2 is 1.90 bits per heavy atom. The minimum absolute atomic E-state index is 0.143. The van der Waals surface area contributed by atoms with Crippen LogP contribution in [0.5, 0.6) is 11.6 Å². The molecule has 3 aliphatic carbocycles. The number of pyridine rings is 1. The first kappa shape index (κ1) is 36.4. The average molecular weight is 734 g/mol. The van der Waals surface area contributed by atoms with Gasteiger partial charge in [-0.05, 0) is 87.4 Å². The summed E-state index contributed by atoms with van der Waals surface area (Å²) < 4.78 is 40.0. The Bertz CT molecular complexity index is 1840. The third kappa shape index (κ3) is 7.57. The van der Waals surface area contributed by atoms with Crippen LogP contribution in [0, 0.1) is 11.8 Å². The zero-order valence-electron chi connectivity index (χ0n) is 30.0. The summed E-state index contributed by atoms with van der Waals surface area (Å²) in [4.78, 5) is 48.9. The van der Waals surface area contributed by atoms with Crippen LogP contribution in [0.4, 0.5) is 0 Å². The van der Waals surface area contributed by atoms with Crippen molar-refractivity contribution in [2.75, 3.05) is 20.2 Å². The van der Waals surface area contributed by atoms with E-state index in [1.165, 1.54) is 0 Å². The summed E-state index contributed by atoms with van der Waals surface area (Å²) in [6.07, 6.45) is 17.3. The van der Waals surface area contributed by atoms with E-state index in [2.05, 4.69) is 39.1 Å². The van der Waals surface area contributed by atoms with Crippen molar-refractivity contribution in [1.29, 1.82) is 0 Å². The number of hydrogen-bond donors (Lipinski definition) is 3. The average Bonchev–Trinajstić information content (AvgIpc) is 4.07. The molecule has 3 N–H and O–H groups in total. The highest BCUT2D eigenvalue weighted by Crippen LogP contribution is 2.46. The van der Waals surface area contributed by atoms with Gasteiger partial charge in [0.25, 0.3) is 5.91 Å². The monoisotopic (exact) mass is 733 g/mol. The van der Waals surface area contributed by atoms with E-state index in [0.717, 1.165) is 79.9 Å². The van der Waals surface area contributed by atoms with E-state index >= 15 is 0 Å². The predicted molar refractivity (Wildman–Crippen MR) is 198 cm³/mol. The molecular formula is C39H51N5O7S. The quantitative estimate of drug-likeness (QED) is 0.335. The van der Waals surface area contributed by atoms with Gasteiger partial charge in [0, 0.05) is 29.5 Å². The van der Waals surface area contributed by atoms with Crippen molar-refractivity contribution < 1.29 is 32.3 Å². The van der Waals surface area contributed by atoms with Gasteiger partial charge in [-0.2, -0.15) is 0 Å². The van der Waals surface area contributed by atoms with Gasteiger partial charge in [0.05, 0.1) is 24.9 Å². The van der Waals surface area contributed by atoms with Gasteiger partial charge in [-0.25, -0.2) is 13.4 Å². The summed E-state index contributed by atoms with van der Waals surface area (Å²) in [6.45, 7) is 4.67. The van der Waals surface area contributed by atoms with Crippen molar-refractivity contribution in [1.82, 2.24) is 25.2 Å². The lowest BCUT2D eigenvalue weighted by molar-refractivity contribution is -0.142. The summed E-state index contributed by atoms with van der Waals surface area (Å²) in [5.74, 6) is -0.589. The summed E-state index contributed by atoms with van der Waals surface area (Å²) >= 11 is 0. The highest BCUT2D eigenvalue weighted by Gasteiger charge is 2.62. The maximum absolute atomic E-state index is 14.7. The third-order valence-corrected chi connectivity index (χ3v) is 13.4. The first-order valence-electron chi connectivity index (χ1n) is 19.0. The van der Waals surface area contributed by atoms with Gasteiger partial charge in [-0.3, -0.25) is 19.1 Å². The number of allylic oxidation sites excluding steroid dienone is 1. The number of amides is 3. The first-order valence-corrected chi connectivity index (χ1v) is 20.5. The Kier molecular flexibility index (Phi) is 10.6. The SMILES string of the molecule is C=C[C@@H]1C[C@]1(NC(=O)[C@@H]1C[C@@H]2CN1C(=O)[C@H](C1CCCCC1)NCCCCC/C=C/c1cc3c(nccc3cc1OC)O2)C(=O)NS(=O)(=O)C1CC1. The smallest absolute Gasteiger partial charge is 0.259 e. The standard InChI is InChI=1S/C39H51N5O7S/c1-3-28-23-39(28,38(47)43-52(48,49)30-15-16-30)42-35(45)32-22-29-24-44(32)37(46)34(25-12-9-7-10-13-25)40-18-11-6-4-5-8-14-27-20-31-26(21-33(27)50-2)17-19-41-36(31)51-29/h3,8,14,17,19-21,25,28-30,32,34,40H,1,4-7,9-13,15-16,18,22-24H2,2H3,(H,42,45)(H,43,47)/b14-8+/t28-,29-,32+,34+,39-/m1/s1. The largest absolute Gasteiger partial charge is 0.496 e. The molecule has 5 aliphatic rings. The Morgan fingerprint density at radius 1 is 1.12 bits per heavy atom. The number of hydrogen-bond acceptors (Lipinski definition) is 9. The molecule has 13 heteroatoms. The number of nitrogens with zero attached hydrogens (tertiary/aromatic N) is 2. The molecular weight excluding hydrogens is 683 g/mol. The number of ether oxygens (including phenoxy) is 2. The molecule has 0 spiro atoms. The molecule has 12 nitrogen and oxygen atoms in total. The number of aromatic nitrogens is 1. The van der Waals surface area contributed by atoms with Crippen LogP contribution in [0.3, 0.4) is 0 Å². The third-order valence-electron chi connectivity index (χ3n) is 11.6. The van der Waals surface area contributed by atoms with Crippen LogP contribution in [0.15, 0.2) is 43.1 Å². The second kappa shape index (κ2) is 15.2. The maximum Gasteiger partial charge on any atom is 0.259 e. The lowest BCUT2D eigenvalue weighted by Crippen LogP contribution is -2.59. The lowest BCUT2D eigenvalue weighted by Gasteiger charge is -2.35. The number of carbonyl (C=O) groups excluding carboxylic acids is 3. The van der Waals surface area contributed by atoms with Crippen molar-refractivity contribution in [3.05, 3.63) is 48.7 Å². The van der Waals surface area contributed by atoms with Crippen molar-refractivity contribution in [3.8, 4) is 11.6 Å². The van der Waals surface area contributed by atoms with Gasteiger partial charge in [0.15, 0.2) is 0 Å². The summed E-state index contributed by atoms with van der Waals surface area (Å²) in [5, 5.41) is 7.59. The molecule has 280 valence electrons. The molecule has 1 saturated heterocycles. The second-order valence-electron chi connectivity index (χ2n) is 15.2. The maximum atomic E-state index is 14.7. The number of methoxy groups -OCH3 is 1. The number of rotatable bonds is 8. The lowest BCUT2D eigenvalue weighted by atomic mass is 9.83. The molecule has 4 bridgehead atoms. The Labute approximate surface area is 306 Å². The van der Waals surface area contributed by atoms with Crippen LogP contribution in [0.2, 0.25) is 0 Å². The number of nitrogens with one attached hydrogen (secondary N) is 3. The van der Waals surface area contributed by atoms with E-state index in [1.54, 1.807) is 24.3 Å². The molecule has 3 heterocycles. The van der Waals surface area contributed by atoms with Gasteiger partial charge < -0.3 is 25.0 Å². The highest BCUT2D eigenvalue weighted by molar-refractivity contribution is 7.91. The van der Waals surface area contributed by atoms with Gasteiger partial charge >= 0.3 is 0 Å². The Morgan fingerprint density at radius 3 is 2.63 bits per heavy atom. The normalized spacial score (nSPS) is 29.4. The molecule has 7 rings (SSSR count). The number of fused-ring (bicyclic) bond motifs is 3. The van der Waals surface area contributed by atoms with E-state index in [-0.39, 0.29) is 31.2 Å². The fourth-order valence-electron chi connectivity index (χ4n) is 8.28. The van der Waals surface area contributed by atoms with E-state index in [1.807, 2.05) is 18.2 Å². The zero-order chi connectivity index (χ0) is 36.5. The number of benzene rings is 1. The number of carbonyl (C=O) groups is 3. The van der Waals surface area contributed by atoms with E-state index < -0.39 is 56.7 Å². The van der Waals surface area contributed by atoms with Crippen molar-refractivity contribution >= 4 is 44.6 Å². The van der Waals surface area contributed by atoms with Gasteiger partial charge in [0.2, 0.25) is 27.7 Å². The fraction of sp³-hybridized carbons (Fsp3) is 0.590. The van der Waals surface area contributed by atoms with E-state index in [4.69, 9.17) is 9.47 Å². The van der Waals surface area contributed by atoms with E-state index in [0.29, 0.717) is 25.3 Å². The number of sulfonamides is 1. The Hall–Kier alpha value is -3.97. The van der Waals surface area contributed by atoms with Crippen LogP contribution >= 0.6 is 0 Å². The summed E-state index contributed by atoms with van der Waals surface area (Å²) in [6, 6.07) is 4.45. The van der Waals surface area contributed by atoms with Crippen molar-refractivity contribution in [2.24, 2.45) is 11.8 Å². The molecule has 1 aromatic heterocycles. The molecule has 0 radical (unpaired) electrons. The van der Waals surface area contributed by atoms with Gasteiger partial charge in [0.1, 0.15) is 23.4 Å². The summed E-state index contributed by atoms with van der Waals surface area (Å²) in [7, 11) is -2.19. The summed E-state index contributed by atoms with van der Waals surface area (Å²) in [5.41, 5.74) is -0.554. The van der Waals surface area contributed by atoms with Crippen LogP contribution in [0.1, 0.15) is 89.0 Å². The molecule has 2 aliphatic heterocycles. The van der Waals surface area contributed by atoms with Gasteiger partial charge in [-0.1, -0.05) is 43.9 Å². The molecule has 5 atom stereocenters. The van der Waals surface area contributed by atoms with Crippen LogP contribution < -0.4 is 24.8 Å². The van der Waals surface area contributed by atoms with Crippen LogP contribution in [0.25, 0.3) is 16.8 Å². The molecule has 4 fully saturated rings. The minimum atomic E-state index is -3.84.